The first-order chi connectivity index (χ1) is 26.9. The van der Waals surface area contributed by atoms with Crippen molar-refractivity contribution in [1.82, 2.24) is 31.5 Å². The van der Waals surface area contributed by atoms with Gasteiger partial charge in [0, 0.05) is 26.3 Å². The summed E-state index contributed by atoms with van der Waals surface area (Å²) in [5.41, 5.74) is 0.885. The Morgan fingerprint density at radius 3 is 2.00 bits per heavy atom. The van der Waals surface area contributed by atoms with Gasteiger partial charge in [-0.05, 0) is 30.2 Å². The number of ether oxygens (including phenoxy) is 1. The minimum Gasteiger partial charge on any atom is -0.481 e. The number of likely N-dealkylation sites (tertiary alicyclic amines) is 1. The van der Waals surface area contributed by atoms with E-state index in [2.05, 4.69) is 26.6 Å². The molecular formula is C39H58N6O12. The topological polar surface area (TPSA) is 267 Å². The highest BCUT2D eigenvalue weighted by molar-refractivity contribution is 5.97. The van der Waals surface area contributed by atoms with E-state index in [0.717, 1.165) is 12.5 Å². The van der Waals surface area contributed by atoms with Crippen molar-refractivity contribution in [2.45, 2.75) is 135 Å². The van der Waals surface area contributed by atoms with Gasteiger partial charge in [-0.25, -0.2) is 0 Å². The Bertz CT molecular complexity index is 1560. The molecule has 1 aliphatic rings. The Morgan fingerprint density at radius 1 is 0.825 bits per heavy atom. The van der Waals surface area contributed by atoms with Gasteiger partial charge in [0.25, 0.3) is 0 Å². The number of aldehydes is 1. The summed E-state index contributed by atoms with van der Waals surface area (Å²) >= 11 is 0. The van der Waals surface area contributed by atoms with E-state index in [1.54, 1.807) is 27.7 Å². The first kappa shape index (κ1) is 47.8. The lowest BCUT2D eigenvalue weighted by molar-refractivity contribution is -0.143. The Balaban J connectivity index is 2.37. The molecule has 0 spiro atoms. The number of benzene rings is 1. The fourth-order valence-corrected chi connectivity index (χ4v) is 6.29. The van der Waals surface area contributed by atoms with Crippen LogP contribution in [0.4, 0.5) is 0 Å². The number of rotatable bonds is 24. The zero-order chi connectivity index (χ0) is 42.8. The third-order valence-electron chi connectivity index (χ3n) is 9.64. The van der Waals surface area contributed by atoms with E-state index >= 15 is 0 Å². The van der Waals surface area contributed by atoms with Gasteiger partial charge in [0.1, 0.15) is 36.5 Å². The number of hydrogen-bond acceptors (Lipinski definition) is 10. The molecule has 0 bridgehead atoms. The van der Waals surface area contributed by atoms with Gasteiger partial charge in [-0.1, -0.05) is 77.8 Å². The van der Waals surface area contributed by atoms with Gasteiger partial charge in [0.2, 0.25) is 35.4 Å². The second-order valence-corrected chi connectivity index (χ2v) is 14.6. The summed E-state index contributed by atoms with van der Waals surface area (Å²) in [5, 5.41) is 31.1. The van der Waals surface area contributed by atoms with Crippen molar-refractivity contribution in [3.63, 3.8) is 0 Å². The van der Waals surface area contributed by atoms with Gasteiger partial charge in [0.15, 0.2) is 0 Å². The average Bonchev–Trinajstić information content (AvgIpc) is 3.59. The second kappa shape index (κ2) is 23.6. The number of nitrogens with one attached hydrogen (secondary N) is 5. The molecular weight excluding hydrogens is 744 g/mol. The van der Waals surface area contributed by atoms with E-state index in [9.17, 15) is 53.4 Å². The molecule has 0 saturated carbocycles. The molecule has 2 rings (SSSR count). The number of carboxylic acid groups (broad SMARTS) is 2. The van der Waals surface area contributed by atoms with Gasteiger partial charge in [-0.3, -0.25) is 38.4 Å². The normalized spacial score (nSPS) is 18.2. The molecule has 316 valence electrons. The summed E-state index contributed by atoms with van der Waals surface area (Å²) in [6.45, 7) is 9.97. The van der Waals surface area contributed by atoms with Gasteiger partial charge < -0.3 is 51.2 Å². The van der Waals surface area contributed by atoms with Crippen LogP contribution >= 0.6 is 0 Å². The Kier molecular flexibility index (Phi) is 19.8. The van der Waals surface area contributed by atoms with Crippen molar-refractivity contribution >= 4 is 53.7 Å². The Hall–Kier alpha value is -5.39. The minimum absolute atomic E-state index is 0.0141. The van der Waals surface area contributed by atoms with Crippen molar-refractivity contribution in [3.05, 3.63) is 35.9 Å². The molecule has 1 fully saturated rings. The summed E-state index contributed by atoms with van der Waals surface area (Å²) in [4.78, 5) is 116. The van der Waals surface area contributed by atoms with E-state index < -0.39 is 121 Å². The predicted molar refractivity (Wildman–Crippen MR) is 205 cm³/mol. The predicted octanol–water partition coefficient (Wildman–Crippen LogP) is 0.657. The van der Waals surface area contributed by atoms with Crippen LogP contribution < -0.4 is 26.6 Å². The summed E-state index contributed by atoms with van der Waals surface area (Å²) in [6.07, 6.45) is -0.245. The Labute approximate surface area is 332 Å². The number of nitrogens with zero attached hydrogens (tertiary/aromatic N) is 1. The van der Waals surface area contributed by atoms with E-state index in [0.29, 0.717) is 25.5 Å². The monoisotopic (exact) mass is 802 g/mol. The zero-order valence-corrected chi connectivity index (χ0v) is 33.4. The van der Waals surface area contributed by atoms with E-state index in [4.69, 9.17) is 4.74 Å². The van der Waals surface area contributed by atoms with Crippen LogP contribution in [0, 0.1) is 11.8 Å². The van der Waals surface area contributed by atoms with Crippen LogP contribution in [0.3, 0.4) is 0 Å². The molecule has 1 aromatic rings. The second-order valence-electron chi connectivity index (χ2n) is 14.6. The lowest BCUT2D eigenvalue weighted by Crippen LogP contribution is -2.61. The number of carbonyl (C=O) groups is 9. The van der Waals surface area contributed by atoms with E-state index in [1.165, 1.54) is 4.90 Å². The van der Waals surface area contributed by atoms with Crippen LogP contribution in [0.25, 0.3) is 0 Å². The number of hydrogen-bond donors (Lipinski definition) is 7. The molecule has 1 unspecified atom stereocenters. The number of carbonyl (C=O) groups excluding carboxylic acids is 7. The number of amides is 6. The van der Waals surface area contributed by atoms with Crippen LogP contribution in [0.2, 0.25) is 0 Å². The van der Waals surface area contributed by atoms with Crippen molar-refractivity contribution in [2.24, 2.45) is 11.8 Å². The van der Waals surface area contributed by atoms with Crippen molar-refractivity contribution in [1.29, 1.82) is 0 Å². The first-order valence-corrected chi connectivity index (χ1v) is 19.3. The molecule has 1 heterocycles. The van der Waals surface area contributed by atoms with Crippen LogP contribution in [0.5, 0.6) is 0 Å². The maximum Gasteiger partial charge on any atom is 0.305 e. The highest BCUT2D eigenvalue weighted by Gasteiger charge is 2.44. The van der Waals surface area contributed by atoms with Crippen LogP contribution in [-0.4, -0.2) is 118 Å². The molecule has 18 nitrogen and oxygen atoms in total. The lowest BCUT2D eigenvalue weighted by atomic mass is 9.95. The summed E-state index contributed by atoms with van der Waals surface area (Å²) in [7, 11) is 0. The fraction of sp³-hybridized carbons (Fsp3) is 0.615. The fourth-order valence-electron chi connectivity index (χ4n) is 6.29. The van der Waals surface area contributed by atoms with Crippen molar-refractivity contribution < 1.29 is 58.1 Å². The number of carboxylic acids is 2. The first-order valence-electron chi connectivity index (χ1n) is 19.3. The molecule has 6 amide bonds. The molecule has 1 aromatic carbocycles. The molecule has 18 heteroatoms. The summed E-state index contributed by atoms with van der Waals surface area (Å²) < 4.78 is 6.12. The zero-order valence-electron chi connectivity index (χ0n) is 33.4. The molecule has 8 atom stereocenters. The van der Waals surface area contributed by atoms with E-state index in [-0.39, 0.29) is 19.6 Å². The molecule has 0 aliphatic carbocycles. The summed E-state index contributed by atoms with van der Waals surface area (Å²) in [6, 6.07) is 1.91. The van der Waals surface area contributed by atoms with Gasteiger partial charge in [-0.15, -0.1) is 0 Å². The van der Waals surface area contributed by atoms with E-state index in [1.807, 2.05) is 37.3 Å². The third-order valence-corrected chi connectivity index (χ3v) is 9.64. The highest BCUT2D eigenvalue weighted by Crippen LogP contribution is 2.25. The number of aliphatic carboxylic acids is 2. The van der Waals surface area contributed by atoms with Gasteiger partial charge in [0.05, 0.1) is 25.2 Å². The van der Waals surface area contributed by atoms with Crippen molar-refractivity contribution in [3.8, 4) is 0 Å². The van der Waals surface area contributed by atoms with Crippen LogP contribution in [0.15, 0.2) is 30.3 Å². The standard InChI is InChI=1S/C39H58N6O12/c1-7-12-26(20-46)41-37(54)30-17-27(57-21-25-13-10-9-11-14-25)19-45(30)39(56)33(22(3)4)43-38(55)34(23(5)8-2)44-35(52)28(15-16-31(48)49)42-36(53)29(18-32(50)51)40-24(6)47/h9-11,13-14,20,22-23,26-30,33-34H,7-8,12,15-19,21H2,1-6H3,(H,40,47)(H,41,54)(H,42,53)(H,43,55)(H,44,52)(H,48,49)(H,50,51)/t23-,26?,27+,28+,29-,30-,33-,34-/m0/s1. The molecule has 1 saturated heterocycles. The van der Waals surface area contributed by atoms with Gasteiger partial charge in [-0.2, -0.15) is 0 Å². The summed E-state index contributed by atoms with van der Waals surface area (Å²) in [5.74, 6) is -8.43. The molecule has 0 radical (unpaired) electrons. The average molecular weight is 803 g/mol. The maximum atomic E-state index is 14.4. The lowest BCUT2D eigenvalue weighted by Gasteiger charge is -2.33. The smallest absolute Gasteiger partial charge is 0.305 e. The Morgan fingerprint density at radius 2 is 1.46 bits per heavy atom. The maximum absolute atomic E-state index is 14.4. The molecule has 57 heavy (non-hydrogen) atoms. The highest BCUT2D eigenvalue weighted by atomic mass is 16.5. The molecule has 1 aliphatic heterocycles. The molecule has 0 aromatic heterocycles. The third kappa shape index (κ3) is 15.6. The SMILES string of the molecule is CCCC(C=O)NC(=O)[C@@H]1C[C@@H](OCc2ccccc2)CN1C(=O)[C@@H](NC(=O)[C@@H](NC(=O)[C@@H](CCC(=O)O)NC(=O)[C@H](CC(=O)O)NC(C)=O)[C@@H](C)CC)C(C)C. The van der Waals surface area contributed by atoms with Crippen LogP contribution in [-0.2, 0) is 54.5 Å². The largest absolute Gasteiger partial charge is 0.481 e. The van der Waals surface area contributed by atoms with Crippen molar-refractivity contribution in [2.75, 3.05) is 6.54 Å². The quantitative estimate of drug-likeness (QED) is 0.0711. The minimum atomic E-state index is -1.58. The van der Waals surface area contributed by atoms with Gasteiger partial charge >= 0.3 is 11.9 Å². The molecule has 7 N–H and O–H groups in total. The van der Waals surface area contributed by atoms with Crippen LogP contribution in [0.1, 0.15) is 92.1 Å².